The highest BCUT2D eigenvalue weighted by Crippen LogP contribution is 1.94. The summed E-state index contributed by atoms with van der Waals surface area (Å²) in [6.07, 6.45) is 1.53. The number of ether oxygens (including phenoxy) is 1. The van der Waals surface area contributed by atoms with Gasteiger partial charge in [-0.25, -0.2) is 0 Å². The smallest absolute Gasteiger partial charge is 0.224 e. The first-order valence-electron chi connectivity index (χ1n) is 5.11. The fourth-order valence-corrected chi connectivity index (χ4v) is 1.14. The fourth-order valence-electron chi connectivity index (χ4n) is 1.14. The van der Waals surface area contributed by atoms with Gasteiger partial charge in [0, 0.05) is 19.7 Å². The molecule has 0 radical (unpaired) electrons. The molecule has 0 fully saturated rings. The van der Waals surface area contributed by atoms with Gasteiger partial charge in [-0.2, -0.15) is 0 Å². The van der Waals surface area contributed by atoms with Gasteiger partial charge in [0.25, 0.3) is 0 Å². The molecule has 0 aliphatic carbocycles. The van der Waals surface area contributed by atoms with Crippen molar-refractivity contribution in [1.29, 1.82) is 0 Å². The van der Waals surface area contributed by atoms with E-state index in [9.17, 15) is 4.79 Å². The maximum Gasteiger partial charge on any atom is 0.224 e. The Morgan fingerprint density at radius 3 is 2.23 bits per heavy atom. The van der Waals surface area contributed by atoms with Gasteiger partial charge in [-0.3, -0.25) is 4.79 Å². The Morgan fingerprint density at radius 1 is 1.15 bits per heavy atom. The van der Waals surface area contributed by atoms with Crippen molar-refractivity contribution in [3.8, 4) is 0 Å². The first-order chi connectivity index (χ1) is 6.26. The largest absolute Gasteiger partial charge is 0.381 e. The van der Waals surface area contributed by atoms with Crippen LogP contribution in [0.15, 0.2) is 0 Å². The number of hydrogen-bond acceptors (Lipinski definition) is 2. The third-order valence-electron chi connectivity index (χ3n) is 1.92. The third kappa shape index (κ3) is 5.64. The lowest BCUT2D eigenvalue weighted by Crippen LogP contribution is -2.31. The van der Waals surface area contributed by atoms with Crippen LogP contribution in [0.3, 0.4) is 0 Å². The number of carbonyl (C=O) groups is 1. The molecule has 78 valence electrons. The molecule has 0 atom stereocenters. The van der Waals surface area contributed by atoms with Crippen LogP contribution in [0, 0.1) is 0 Å². The molecule has 3 heteroatoms. The topological polar surface area (TPSA) is 29.5 Å². The van der Waals surface area contributed by atoms with Crippen molar-refractivity contribution in [3.05, 3.63) is 0 Å². The van der Waals surface area contributed by atoms with E-state index in [0.29, 0.717) is 13.0 Å². The van der Waals surface area contributed by atoms with Crippen molar-refractivity contribution in [2.75, 3.05) is 26.3 Å². The molecule has 0 saturated carbocycles. The van der Waals surface area contributed by atoms with Gasteiger partial charge in [-0.1, -0.05) is 6.92 Å². The monoisotopic (exact) mass is 187 g/mol. The Bertz CT molecular complexity index is 133. The minimum absolute atomic E-state index is 0.195. The zero-order valence-electron chi connectivity index (χ0n) is 9.01. The highest BCUT2D eigenvalue weighted by atomic mass is 16.5. The Balaban J connectivity index is 3.48. The van der Waals surface area contributed by atoms with Gasteiger partial charge >= 0.3 is 0 Å². The Labute approximate surface area is 81.1 Å². The normalized spacial score (nSPS) is 10.1. The molecule has 0 bridgehead atoms. The van der Waals surface area contributed by atoms with Crippen LogP contribution >= 0.6 is 0 Å². The average Bonchev–Trinajstić information content (AvgIpc) is 2.14. The van der Waals surface area contributed by atoms with Crippen molar-refractivity contribution in [1.82, 2.24) is 4.90 Å². The first kappa shape index (κ1) is 12.4. The molecule has 0 aliphatic rings. The quantitative estimate of drug-likeness (QED) is 0.567. The fraction of sp³-hybridized carbons (Fsp3) is 0.900. The van der Waals surface area contributed by atoms with Gasteiger partial charge in [0.1, 0.15) is 0 Å². The molecule has 0 N–H and O–H groups in total. The lowest BCUT2D eigenvalue weighted by molar-refractivity contribution is -0.131. The minimum Gasteiger partial charge on any atom is -0.381 e. The van der Waals surface area contributed by atoms with Crippen molar-refractivity contribution in [3.63, 3.8) is 0 Å². The number of rotatable bonds is 7. The number of nitrogens with zero attached hydrogens (tertiary/aromatic N) is 1. The first-order valence-corrected chi connectivity index (χ1v) is 5.11. The summed E-state index contributed by atoms with van der Waals surface area (Å²) in [7, 11) is 0. The van der Waals surface area contributed by atoms with Gasteiger partial charge in [0.2, 0.25) is 5.91 Å². The maximum atomic E-state index is 11.4. The molecule has 0 saturated heterocycles. The zero-order chi connectivity index (χ0) is 10.1. The molecule has 0 heterocycles. The Kier molecular flexibility index (Phi) is 7.69. The molecule has 0 aromatic rings. The molecule has 0 rings (SSSR count). The van der Waals surface area contributed by atoms with Crippen LogP contribution in [-0.4, -0.2) is 37.1 Å². The number of hydrogen-bond donors (Lipinski definition) is 0. The SMILES string of the molecule is CCCOCCC(=O)N(CC)CC. The van der Waals surface area contributed by atoms with Crippen molar-refractivity contribution in [2.24, 2.45) is 0 Å². The Hall–Kier alpha value is -0.570. The van der Waals surface area contributed by atoms with E-state index in [1.165, 1.54) is 0 Å². The van der Waals surface area contributed by atoms with Crippen LogP contribution in [0.5, 0.6) is 0 Å². The van der Waals surface area contributed by atoms with Gasteiger partial charge in [-0.05, 0) is 20.3 Å². The maximum absolute atomic E-state index is 11.4. The van der Waals surface area contributed by atoms with Crippen LogP contribution in [0.1, 0.15) is 33.6 Å². The van der Waals surface area contributed by atoms with E-state index in [1.807, 2.05) is 18.7 Å². The summed E-state index contributed by atoms with van der Waals surface area (Å²) in [6.45, 7) is 8.95. The highest BCUT2D eigenvalue weighted by Gasteiger charge is 2.07. The van der Waals surface area contributed by atoms with E-state index < -0.39 is 0 Å². The molecule has 0 aromatic heterocycles. The van der Waals surface area contributed by atoms with Crippen LogP contribution in [0.25, 0.3) is 0 Å². The molecular weight excluding hydrogens is 166 g/mol. The van der Waals surface area contributed by atoms with E-state index in [0.717, 1.165) is 26.1 Å². The lowest BCUT2D eigenvalue weighted by Gasteiger charge is -2.18. The van der Waals surface area contributed by atoms with Gasteiger partial charge < -0.3 is 9.64 Å². The summed E-state index contributed by atoms with van der Waals surface area (Å²) >= 11 is 0. The van der Waals surface area contributed by atoms with Crippen molar-refractivity contribution >= 4 is 5.91 Å². The van der Waals surface area contributed by atoms with Crippen molar-refractivity contribution in [2.45, 2.75) is 33.6 Å². The summed E-state index contributed by atoms with van der Waals surface area (Å²) in [5.74, 6) is 0.195. The molecule has 0 spiro atoms. The molecule has 13 heavy (non-hydrogen) atoms. The summed E-state index contributed by atoms with van der Waals surface area (Å²) < 4.78 is 5.25. The molecule has 0 unspecified atom stereocenters. The van der Waals surface area contributed by atoms with Gasteiger partial charge in [0.15, 0.2) is 0 Å². The van der Waals surface area contributed by atoms with E-state index in [4.69, 9.17) is 4.74 Å². The van der Waals surface area contributed by atoms with E-state index >= 15 is 0 Å². The highest BCUT2D eigenvalue weighted by molar-refractivity contribution is 5.76. The third-order valence-corrected chi connectivity index (χ3v) is 1.92. The molecule has 0 aromatic carbocycles. The minimum atomic E-state index is 0.195. The second kappa shape index (κ2) is 8.05. The predicted octanol–water partition coefficient (Wildman–Crippen LogP) is 1.67. The van der Waals surface area contributed by atoms with Gasteiger partial charge in [-0.15, -0.1) is 0 Å². The zero-order valence-corrected chi connectivity index (χ0v) is 9.01. The standard InChI is InChI=1S/C10H21NO2/c1-4-8-13-9-7-10(12)11(5-2)6-3/h4-9H2,1-3H3. The number of amides is 1. The molecule has 1 amide bonds. The lowest BCUT2D eigenvalue weighted by atomic mass is 10.3. The molecule has 0 aliphatic heterocycles. The van der Waals surface area contributed by atoms with Gasteiger partial charge in [0.05, 0.1) is 13.0 Å². The van der Waals surface area contributed by atoms with E-state index in [-0.39, 0.29) is 5.91 Å². The van der Waals surface area contributed by atoms with Crippen LogP contribution in [-0.2, 0) is 9.53 Å². The second-order valence-corrected chi connectivity index (χ2v) is 2.93. The number of carbonyl (C=O) groups excluding carboxylic acids is 1. The molecular formula is C10H21NO2. The van der Waals surface area contributed by atoms with E-state index in [1.54, 1.807) is 0 Å². The summed E-state index contributed by atoms with van der Waals surface area (Å²) in [4.78, 5) is 13.2. The van der Waals surface area contributed by atoms with Crippen molar-refractivity contribution < 1.29 is 9.53 Å². The molecule has 3 nitrogen and oxygen atoms in total. The second-order valence-electron chi connectivity index (χ2n) is 2.93. The van der Waals surface area contributed by atoms with Crippen LogP contribution < -0.4 is 0 Å². The predicted molar refractivity (Wildman–Crippen MR) is 53.7 cm³/mol. The van der Waals surface area contributed by atoms with Crippen LogP contribution in [0.4, 0.5) is 0 Å². The Morgan fingerprint density at radius 2 is 1.77 bits per heavy atom. The van der Waals surface area contributed by atoms with Crippen LogP contribution in [0.2, 0.25) is 0 Å². The summed E-state index contributed by atoms with van der Waals surface area (Å²) in [6, 6.07) is 0. The van der Waals surface area contributed by atoms with E-state index in [2.05, 4.69) is 6.92 Å². The summed E-state index contributed by atoms with van der Waals surface area (Å²) in [5, 5.41) is 0. The summed E-state index contributed by atoms with van der Waals surface area (Å²) in [5.41, 5.74) is 0. The average molecular weight is 187 g/mol.